The van der Waals surface area contributed by atoms with Gasteiger partial charge in [-0.1, -0.05) is 43.7 Å². The number of benzene rings is 1. The molecule has 0 amide bonds. The third kappa shape index (κ3) is 2.33. The van der Waals surface area contributed by atoms with Gasteiger partial charge in [0.2, 0.25) is 0 Å². The van der Waals surface area contributed by atoms with Gasteiger partial charge in [0.1, 0.15) is 11.9 Å². The first kappa shape index (κ1) is 12.5. The molecular weight excluding hydrogens is 236 g/mol. The minimum Gasteiger partial charge on any atom is -0.466 e. The molecule has 0 N–H and O–H groups in total. The number of aryl methyl sites for hydroxylation is 1. The van der Waals surface area contributed by atoms with E-state index in [4.69, 9.17) is 9.15 Å². The van der Waals surface area contributed by atoms with E-state index in [0.29, 0.717) is 5.92 Å². The van der Waals surface area contributed by atoms with Gasteiger partial charge in [0.25, 0.3) is 0 Å². The highest BCUT2D eigenvalue weighted by atomic mass is 16.5. The van der Waals surface area contributed by atoms with E-state index in [1.54, 1.807) is 6.26 Å². The maximum Gasteiger partial charge on any atom is 0.136 e. The van der Waals surface area contributed by atoms with Gasteiger partial charge in [-0.3, -0.25) is 0 Å². The van der Waals surface area contributed by atoms with Gasteiger partial charge >= 0.3 is 0 Å². The second-order valence-corrected chi connectivity index (χ2v) is 5.71. The third-order valence-electron chi connectivity index (χ3n) is 3.81. The zero-order valence-corrected chi connectivity index (χ0v) is 11.7. The van der Waals surface area contributed by atoms with Crippen LogP contribution in [0.1, 0.15) is 48.5 Å². The lowest BCUT2D eigenvalue weighted by Crippen LogP contribution is -2.22. The Kier molecular flexibility index (Phi) is 3.19. The van der Waals surface area contributed by atoms with Crippen LogP contribution < -0.4 is 0 Å². The molecule has 19 heavy (non-hydrogen) atoms. The van der Waals surface area contributed by atoms with Gasteiger partial charge in [-0.05, 0) is 30.0 Å². The maximum absolute atomic E-state index is 6.26. The van der Waals surface area contributed by atoms with Crippen LogP contribution in [0.5, 0.6) is 0 Å². The lowest BCUT2D eigenvalue weighted by Gasteiger charge is -2.31. The van der Waals surface area contributed by atoms with Crippen molar-refractivity contribution < 1.29 is 9.15 Å². The number of rotatable bonds is 2. The van der Waals surface area contributed by atoms with Crippen molar-refractivity contribution in [3.63, 3.8) is 0 Å². The van der Waals surface area contributed by atoms with E-state index < -0.39 is 0 Å². The molecule has 1 aliphatic heterocycles. The predicted molar refractivity (Wildman–Crippen MR) is 75.0 cm³/mol. The highest BCUT2D eigenvalue weighted by Crippen LogP contribution is 2.41. The van der Waals surface area contributed by atoms with E-state index in [-0.39, 0.29) is 12.2 Å². The first-order valence-corrected chi connectivity index (χ1v) is 6.93. The van der Waals surface area contributed by atoms with E-state index in [9.17, 15) is 0 Å². The molecule has 0 saturated carbocycles. The molecule has 0 fully saturated rings. The van der Waals surface area contributed by atoms with E-state index >= 15 is 0 Å². The first-order chi connectivity index (χ1) is 9.15. The Bertz CT molecular complexity index is 551. The van der Waals surface area contributed by atoms with Crippen molar-refractivity contribution in [2.75, 3.05) is 0 Å². The van der Waals surface area contributed by atoms with Crippen molar-refractivity contribution in [2.24, 2.45) is 5.92 Å². The summed E-state index contributed by atoms with van der Waals surface area (Å²) < 4.78 is 11.9. The van der Waals surface area contributed by atoms with E-state index in [0.717, 1.165) is 12.2 Å². The van der Waals surface area contributed by atoms with E-state index in [1.807, 2.05) is 0 Å². The zero-order valence-electron chi connectivity index (χ0n) is 11.7. The average molecular weight is 256 g/mol. The monoisotopic (exact) mass is 256 g/mol. The molecular formula is C17H20O2. The van der Waals surface area contributed by atoms with E-state index in [1.165, 1.54) is 16.7 Å². The summed E-state index contributed by atoms with van der Waals surface area (Å²) in [6.45, 7) is 6.46. The van der Waals surface area contributed by atoms with Crippen molar-refractivity contribution in [3.05, 3.63) is 59.0 Å². The standard InChI is InChI=1S/C17H20O2/c1-11(2)16-17-14(8-9-18-17)10-15(19-16)13-6-4-12(3)5-7-13/h4-9,11,15-16H,10H2,1-3H3/t15-,16-/m0/s1. The second-order valence-electron chi connectivity index (χ2n) is 5.71. The molecule has 0 unspecified atom stereocenters. The fraction of sp³-hybridized carbons (Fsp3) is 0.412. The molecule has 1 aromatic carbocycles. The Balaban J connectivity index is 1.92. The summed E-state index contributed by atoms with van der Waals surface area (Å²) in [5.74, 6) is 1.43. The molecule has 1 aliphatic rings. The van der Waals surface area contributed by atoms with Gasteiger partial charge in [0.05, 0.1) is 12.4 Å². The van der Waals surface area contributed by atoms with Crippen molar-refractivity contribution in [3.8, 4) is 0 Å². The van der Waals surface area contributed by atoms with Crippen molar-refractivity contribution in [2.45, 2.75) is 39.4 Å². The maximum atomic E-state index is 6.26. The molecule has 2 heteroatoms. The number of fused-ring (bicyclic) bond motifs is 1. The molecule has 2 atom stereocenters. The van der Waals surface area contributed by atoms with Crippen LogP contribution in [-0.2, 0) is 11.2 Å². The van der Waals surface area contributed by atoms with Crippen LogP contribution in [-0.4, -0.2) is 0 Å². The van der Waals surface area contributed by atoms with Crippen LogP contribution in [0.3, 0.4) is 0 Å². The molecule has 3 rings (SSSR count). The van der Waals surface area contributed by atoms with Gasteiger partial charge in [-0.15, -0.1) is 0 Å². The summed E-state index contributed by atoms with van der Waals surface area (Å²) in [6, 6.07) is 10.7. The van der Waals surface area contributed by atoms with Crippen molar-refractivity contribution in [1.29, 1.82) is 0 Å². The molecule has 0 spiro atoms. The number of furan rings is 1. The number of hydrogen-bond acceptors (Lipinski definition) is 2. The van der Waals surface area contributed by atoms with Gasteiger partial charge in [0, 0.05) is 6.42 Å². The Morgan fingerprint density at radius 1 is 1.11 bits per heavy atom. The van der Waals surface area contributed by atoms with Crippen LogP contribution in [0.15, 0.2) is 41.0 Å². The van der Waals surface area contributed by atoms with Crippen LogP contribution in [0.4, 0.5) is 0 Å². The molecule has 2 aromatic rings. The fourth-order valence-corrected chi connectivity index (χ4v) is 2.69. The summed E-state index contributed by atoms with van der Waals surface area (Å²) in [6.07, 6.45) is 2.88. The summed E-state index contributed by atoms with van der Waals surface area (Å²) in [5, 5.41) is 0. The van der Waals surface area contributed by atoms with Gasteiger partial charge in [-0.25, -0.2) is 0 Å². The van der Waals surface area contributed by atoms with Gasteiger partial charge in [0.15, 0.2) is 0 Å². The number of ether oxygens (including phenoxy) is 1. The molecule has 2 heterocycles. The molecule has 0 radical (unpaired) electrons. The van der Waals surface area contributed by atoms with Crippen molar-refractivity contribution >= 4 is 0 Å². The third-order valence-corrected chi connectivity index (χ3v) is 3.81. The minimum atomic E-state index is 0.0602. The van der Waals surface area contributed by atoms with Crippen LogP contribution >= 0.6 is 0 Å². The Morgan fingerprint density at radius 3 is 2.53 bits per heavy atom. The van der Waals surface area contributed by atoms with Gasteiger partial charge in [-0.2, -0.15) is 0 Å². The minimum absolute atomic E-state index is 0.0602. The Hall–Kier alpha value is -1.54. The normalized spacial score (nSPS) is 22.5. The topological polar surface area (TPSA) is 22.4 Å². The van der Waals surface area contributed by atoms with Gasteiger partial charge < -0.3 is 9.15 Å². The first-order valence-electron chi connectivity index (χ1n) is 6.93. The molecule has 2 nitrogen and oxygen atoms in total. The molecule has 0 bridgehead atoms. The number of hydrogen-bond donors (Lipinski definition) is 0. The van der Waals surface area contributed by atoms with Crippen LogP contribution in [0, 0.1) is 12.8 Å². The largest absolute Gasteiger partial charge is 0.466 e. The highest BCUT2D eigenvalue weighted by molar-refractivity contribution is 5.29. The molecule has 100 valence electrons. The smallest absolute Gasteiger partial charge is 0.136 e. The molecule has 0 saturated heterocycles. The Labute approximate surface area is 114 Å². The molecule has 0 aliphatic carbocycles. The summed E-state index contributed by atoms with van der Waals surface area (Å²) in [4.78, 5) is 0. The van der Waals surface area contributed by atoms with Crippen molar-refractivity contribution in [1.82, 2.24) is 0 Å². The van der Waals surface area contributed by atoms with E-state index in [2.05, 4.69) is 51.1 Å². The summed E-state index contributed by atoms with van der Waals surface area (Å²) in [5.41, 5.74) is 3.82. The fourth-order valence-electron chi connectivity index (χ4n) is 2.69. The van der Waals surface area contributed by atoms with Crippen LogP contribution in [0.2, 0.25) is 0 Å². The quantitative estimate of drug-likeness (QED) is 0.783. The predicted octanol–water partition coefficient (Wildman–Crippen LogP) is 4.60. The molecule has 1 aromatic heterocycles. The van der Waals surface area contributed by atoms with Crippen LogP contribution in [0.25, 0.3) is 0 Å². The zero-order chi connectivity index (χ0) is 13.4. The average Bonchev–Trinajstić information content (AvgIpc) is 2.86. The summed E-state index contributed by atoms with van der Waals surface area (Å²) in [7, 11) is 0. The lowest BCUT2D eigenvalue weighted by molar-refractivity contribution is -0.0628. The SMILES string of the molecule is Cc1ccc([C@@H]2Cc3ccoc3[C@H](C(C)C)O2)cc1. The lowest BCUT2D eigenvalue weighted by atomic mass is 9.92. The Morgan fingerprint density at radius 2 is 1.84 bits per heavy atom. The highest BCUT2D eigenvalue weighted by Gasteiger charge is 2.32. The second kappa shape index (κ2) is 4.86. The summed E-state index contributed by atoms with van der Waals surface area (Å²) >= 11 is 0.